The number of rotatable bonds is 1. The molecule has 0 fully saturated rings. The lowest BCUT2D eigenvalue weighted by Crippen LogP contribution is -3.00. The van der Waals surface area contributed by atoms with Crippen molar-refractivity contribution in [1.29, 1.82) is 0 Å². The van der Waals surface area contributed by atoms with E-state index in [2.05, 4.69) is 6.58 Å². The maximum Gasteiger partial charge on any atom is 1.00 e. The van der Waals surface area contributed by atoms with Crippen molar-refractivity contribution in [2.75, 3.05) is 0 Å². The van der Waals surface area contributed by atoms with Gasteiger partial charge in [0.25, 0.3) is 0 Å². The van der Waals surface area contributed by atoms with Gasteiger partial charge in [0.2, 0.25) is 0 Å². The molecular formula is C4H5IO2. The van der Waals surface area contributed by atoms with Crippen LogP contribution in [0.15, 0.2) is 12.2 Å². The van der Waals surface area contributed by atoms with Gasteiger partial charge < -0.3 is 9.90 Å². The minimum Gasteiger partial charge on any atom is -0.545 e. The molecule has 0 aromatic carbocycles. The summed E-state index contributed by atoms with van der Waals surface area (Å²) in [7, 11) is 0. The van der Waals surface area contributed by atoms with Gasteiger partial charge in [-0.1, -0.05) is 6.58 Å². The van der Waals surface area contributed by atoms with Crippen molar-refractivity contribution < 1.29 is 33.9 Å². The summed E-state index contributed by atoms with van der Waals surface area (Å²) < 4.78 is 0. The highest BCUT2D eigenvalue weighted by atomic mass is 127. The number of carbonyl (C=O) groups is 1. The molecule has 0 aromatic rings. The van der Waals surface area contributed by atoms with E-state index in [4.69, 9.17) is 0 Å². The molecular weight excluding hydrogens is 207 g/mol. The molecule has 0 bridgehead atoms. The van der Waals surface area contributed by atoms with Crippen LogP contribution in [0.3, 0.4) is 0 Å². The predicted octanol–water partition coefficient (Wildman–Crippen LogP) is -3.68. The molecule has 0 aromatic heterocycles. The second-order valence-corrected chi connectivity index (χ2v) is 1.07. The van der Waals surface area contributed by atoms with Gasteiger partial charge in [-0.05, 0) is 12.5 Å². The molecule has 0 aliphatic rings. The van der Waals surface area contributed by atoms with Gasteiger partial charge in [-0.2, -0.15) is 0 Å². The van der Waals surface area contributed by atoms with Crippen molar-refractivity contribution in [3.63, 3.8) is 0 Å². The first-order valence-corrected chi connectivity index (χ1v) is 1.51. The van der Waals surface area contributed by atoms with Crippen LogP contribution < -0.4 is 29.1 Å². The quantitative estimate of drug-likeness (QED) is 0.331. The first kappa shape index (κ1) is 10.0. The summed E-state index contributed by atoms with van der Waals surface area (Å²) in [6, 6.07) is 0. The summed E-state index contributed by atoms with van der Waals surface area (Å²) in [4.78, 5) is 9.49. The number of carboxylic acids is 1. The summed E-state index contributed by atoms with van der Waals surface area (Å²) in [5, 5.41) is 9.49. The summed E-state index contributed by atoms with van der Waals surface area (Å²) in [5.74, 6) is -1.19. The zero-order valence-electron chi connectivity index (χ0n) is 3.90. The molecule has 0 rings (SSSR count). The van der Waals surface area contributed by atoms with Crippen molar-refractivity contribution in [1.82, 2.24) is 0 Å². The molecule has 2 radical (unpaired) electrons. The molecule has 0 aliphatic heterocycles. The summed E-state index contributed by atoms with van der Waals surface area (Å²) in [5.41, 5.74) is 0.0648. The Morgan fingerprint density at radius 2 is 1.86 bits per heavy atom. The predicted molar refractivity (Wildman–Crippen MR) is 19.8 cm³/mol. The molecule has 0 heterocycles. The molecule has 0 atom stereocenters. The molecule has 0 aliphatic carbocycles. The lowest BCUT2D eigenvalue weighted by Gasteiger charge is -1.93. The Morgan fingerprint density at radius 1 is 1.71 bits per heavy atom. The Morgan fingerprint density at radius 3 is 1.86 bits per heavy atom. The van der Waals surface area contributed by atoms with E-state index in [1.165, 1.54) is 6.92 Å². The Balaban J connectivity index is 0. The van der Waals surface area contributed by atoms with Crippen LogP contribution in [0.4, 0.5) is 0 Å². The molecule has 0 unspecified atom stereocenters. The van der Waals surface area contributed by atoms with E-state index in [-0.39, 0.29) is 29.5 Å². The lowest BCUT2D eigenvalue weighted by atomic mass is 10.4. The van der Waals surface area contributed by atoms with Crippen LogP contribution in [0.2, 0.25) is 0 Å². The highest BCUT2D eigenvalue weighted by molar-refractivity contribution is 5.82. The first-order valence-electron chi connectivity index (χ1n) is 1.51. The first-order chi connectivity index (χ1) is 2.64. The maximum absolute atomic E-state index is 9.49. The number of carbonyl (C=O) groups excluding carboxylic acids is 1. The normalized spacial score (nSPS) is 6.43. The lowest BCUT2D eigenvalue weighted by molar-refractivity contribution is -0.299. The summed E-state index contributed by atoms with van der Waals surface area (Å²) >= 11 is 0. The van der Waals surface area contributed by atoms with E-state index in [0.717, 1.165) is 0 Å². The van der Waals surface area contributed by atoms with Gasteiger partial charge in [-0.15, -0.1) is 0 Å². The Hall–Kier alpha value is -0.0600. The van der Waals surface area contributed by atoms with Crippen LogP contribution in [0.5, 0.6) is 0 Å². The van der Waals surface area contributed by atoms with Gasteiger partial charge >= 0.3 is 24.0 Å². The van der Waals surface area contributed by atoms with Gasteiger partial charge in [-0.25, -0.2) is 0 Å². The van der Waals surface area contributed by atoms with Crippen molar-refractivity contribution in [2.45, 2.75) is 6.92 Å². The summed E-state index contributed by atoms with van der Waals surface area (Å²) in [6.45, 7) is 4.48. The van der Waals surface area contributed by atoms with Crippen LogP contribution >= 0.6 is 0 Å². The van der Waals surface area contributed by atoms with E-state index in [9.17, 15) is 9.90 Å². The fraction of sp³-hybridized carbons (Fsp3) is 0.250. The molecule has 0 saturated carbocycles. The van der Waals surface area contributed by atoms with E-state index in [1.54, 1.807) is 0 Å². The molecule has 40 valence electrons. The maximum atomic E-state index is 9.49. The third-order valence-corrected chi connectivity index (χ3v) is 0.348. The average Bonchev–Trinajstić information content (AvgIpc) is 1.36. The minimum atomic E-state index is -1.19. The van der Waals surface area contributed by atoms with E-state index in [0.29, 0.717) is 0 Å². The van der Waals surface area contributed by atoms with Gasteiger partial charge in [-0.3, -0.25) is 0 Å². The van der Waals surface area contributed by atoms with Crippen LogP contribution in [0.25, 0.3) is 0 Å². The second kappa shape index (κ2) is 4.11. The van der Waals surface area contributed by atoms with Gasteiger partial charge in [0.1, 0.15) is 0 Å². The highest BCUT2D eigenvalue weighted by Crippen LogP contribution is 1.77. The Bertz CT molecular complexity index is 75.7. The van der Waals surface area contributed by atoms with Crippen LogP contribution in [-0.4, -0.2) is 5.97 Å². The molecule has 0 spiro atoms. The molecule has 0 N–H and O–H groups in total. The zero-order chi connectivity index (χ0) is 5.15. The number of aliphatic carboxylic acids is 1. The van der Waals surface area contributed by atoms with Crippen LogP contribution in [0, 0.1) is 0 Å². The third-order valence-electron chi connectivity index (χ3n) is 0.348. The molecule has 3 heteroatoms. The average molecular weight is 212 g/mol. The highest BCUT2D eigenvalue weighted by Gasteiger charge is 1.76. The standard InChI is InChI=1S/C4H6O2.I/c1-3(2)4(5)6;/h1H2,2H3,(H,5,6);/q;+1/p-1. The molecule has 2 nitrogen and oxygen atoms in total. The largest absolute Gasteiger partial charge is 1.00 e. The number of hydrogen-bond acceptors (Lipinski definition) is 2. The zero-order valence-corrected chi connectivity index (χ0v) is 6.06. The molecule has 0 saturated heterocycles. The fourth-order valence-corrected chi connectivity index (χ4v) is 0. The molecule has 0 amide bonds. The van der Waals surface area contributed by atoms with Crippen molar-refractivity contribution >= 4 is 5.97 Å². The second-order valence-electron chi connectivity index (χ2n) is 1.07. The number of halogens is 1. The summed E-state index contributed by atoms with van der Waals surface area (Å²) in [6.07, 6.45) is 0. The topological polar surface area (TPSA) is 40.1 Å². The van der Waals surface area contributed by atoms with E-state index >= 15 is 0 Å². The van der Waals surface area contributed by atoms with Gasteiger partial charge in [0.05, 0.1) is 5.97 Å². The number of carboxylic acid groups (broad SMARTS) is 1. The third kappa shape index (κ3) is 5.94. The molecule has 7 heavy (non-hydrogen) atoms. The number of hydrogen-bond donors (Lipinski definition) is 0. The fourth-order valence-electron chi connectivity index (χ4n) is 0. The Kier molecular flexibility index (Phi) is 5.89. The van der Waals surface area contributed by atoms with Crippen molar-refractivity contribution in [3.05, 3.63) is 12.2 Å². The van der Waals surface area contributed by atoms with Crippen molar-refractivity contribution in [3.8, 4) is 0 Å². The smallest absolute Gasteiger partial charge is 0.545 e. The van der Waals surface area contributed by atoms with E-state index < -0.39 is 5.97 Å². The Labute approximate surface area is 59.2 Å². The van der Waals surface area contributed by atoms with Gasteiger partial charge in [0.15, 0.2) is 0 Å². The van der Waals surface area contributed by atoms with Crippen molar-refractivity contribution in [2.24, 2.45) is 0 Å². The van der Waals surface area contributed by atoms with Gasteiger partial charge in [0, 0.05) is 0 Å². The van der Waals surface area contributed by atoms with Crippen LogP contribution in [-0.2, 0) is 4.79 Å². The minimum absolute atomic E-state index is 0. The van der Waals surface area contributed by atoms with Crippen LogP contribution in [0.1, 0.15) is 6.92 Å². The van der Waals surface area contributed by atoms with E-state index in [1.807, 2.05) is 0 Å². The monoisotopic (exact) mass is 212 g/mol. The SMILES string of the molecule is C=C(C)C(=O)[O-].[I+].